The van der Waals surface area contributed by atoms with Crippen LogP contribution in [0.1, 0.15) is 29.8 Å². The average molecular weight is 298 g/mol. The van der Waals surface area contributed by atoms with E-state index in [9.17, 15) is 9.90 Å². The molecule has 1 aromatic heterocycles. The Kier molecular flexibility index (Phi) is 5.12. The molecule has 1 saturated heterocycles. The lowest BCUT2D eigenvalue weighted by atomic mass is 9.77. The molecule has 0 aliphatic carbocycles. The van der Waals surface area contributed by atoms with Gasteiger partial charge in [0.1, 0.15) is 0 Å². The van der Waals surface area contributed by atoms with Gasteiger partial charge in [-0.25, -0.2) is 4.98 Å². The summed E-state index contributed by atoms with van der Waals surface area (Å²) in [7, 11) is 1.62. The number of carbonyl (C=O) groups is 1. The summed E-state index contributed by atoms with van der Waals surface area (Å²) in [5, 5.41) is 9.62. The number of ether oxygens (including phenoxy) is 1. The number of aryl methyl sites for hydroxylation is 1. The lowest BCUT2D eigenvalue weighted by molar-refractivity contribution is -0.154. The van der Waals surface area contributed by atoms with Gasteiger partial charge in [-0.1, -0.05) is 0 Å². The number of carboxylic acid groups (broad SMARTS) is 1. The minimum absolute atomic E-state index is 0.500. The van der Waals surface area contributed by atoms with Crippen molar-refractivity contribution in [2.45, 2.75) is 32.7 Å². The summed E-state index contributed by atoms with van der Waals surface area (Å²) in [4.78, 5) is 19.4. The maximum Gasteiger partial charge on any atom is 0.311 e. The Bertz CT molecular complexity index is 463. The van der Waals surface area contributed by atoms with Crippen LogP contribution in [0.25, 0.3) is 0 Å². The highest BCUT2D eigenvalue weighted by molar-refractivity contribution is 7.09. The summed E-state index contributed by atoms with van der Waals surface area (Å²) in [6, 6.07) is 0. The molecule has 6 heteroatoms. The maximum atomic E-state index is 11.7. The summed E-state index contributed by atoms with van der Waals surface area (Å²) in [5.41, 5.74) is 2.25. The zero-order chi connectivity index (χ0) is 14.6. The number of aromatic nitrogens is 1. The number of likely N-dealkylation sites (tertiary alicyclic amines) is 1. The number of nitrogens with zero attached hydrogens (tertiary/aromatic N) is 2. The molecule has 1 aromatic rings. The lowest BCUT2D eigenvalue weighted by Crippen LogP contribution is -2.48. The fourth-order valence-corrected chi connectivity index (χ4v) is 3.64. The topological polar surface area (TPSA) is 62.7 Å². The molecule has 1 aliphatic rings. The molecular formula is C14H22N2O3S. The van der Waals surface area contributed by atoms with E-state index in [1.54, 1.807) is 18.4 Å². The van der Waals surface area contributed by atoms with E-state index in [-0.39, 0.29) is 0 Å². The van der Waals surface area contributed by atoms with Crippen LogP contribution in [-0.2, 0) is 16.1 Å². The third-order valence-corrected chi connectivity index (χ3v) is 5.03. The quantitative estimate of drug-likeness (QED) is 0.872. The fraction of sp³-hybridized carbons (Fsp3) is 0.714. The van der Waals surface area contributed by atoms with Crippen LogP contribution < -0.4 is 0 Å². The minimum Gasteiger partial charge on any atom is -0.481 e. The van der Waals surface area contributed by atoms with Gasteiger partial charge >= 0.3 is 5.97 Å². The lowest BCUT2D eigenvalue weighted by Gasteiger charge is -2.39. The Morgan fingerprint density at radius 3 is 3.05 bits per heavy atom. The van der Waals surface area contributed by atoms with E-state index in [2.05, 4.69) is 9.88 Å². The van der Waals surface area contributed by atoms with Crippen LogP contribution in [0, 0.1) is 12.3 Å². The molecule has 0 radical (unpaired) electrons. The van der Waals surface area contributed by atoms with E-state index >= 15 is 0 Å². The van der Waals surface area contributed by atoms with Crippen molar-refractivity contribution in [2.24, 2.45) is 5.41 Å². The molecular weight excluding hydrogens is 276 g/mol. The van der Waals surface area contributed by atoms with Gasteiger partial charge in [0, 0.05) is 31.7 Å². The van der Waals surface area contributed by atoms with Crippen molar-refractivity contribution < 1.29 is 14.6 Å². The number of carboxylic acids is 1. The predicted molar refractivity (Wildman–Crippen MR) is 77.9 cm³/mol. The summed E-state index contributed by atoms with van der Waals surface area (Å²) in [5.74, 6) is -0.694. The number of thiazole rings is 1. The van der Waals surface area contributed by atoms with E-state index in [4.69, 9.17) is 4.74 Å². The van der Waals surface area contributed by atoms with Gasteiger partial charge in [0.05, 0.1) is 16.6 Å². The van der Waals surface area contributed by atoms with Crippen LogP contribution in [-0.4, -0.2) is 47.8 Å². The van der Waals surface area contributed by atoms with Gasteiger partial charge < -0.3 is 9.84 Å². The van der Waals surface area contributed by atoms with Crippen LogP contribution in [0.15, 0.2) is 5.51 Å². The van der Waals surface area contributed by atoms with Gasteiger partial charge in [0.15, 0.2) is 0 Å². The van der Waals surface area contributed by atoms with Gasteiger partial charge in [-0.2, -0.15) is 0 Å². The Labute approximate surface area is 123 Å². The fourth-order valence-electron chi connectivity index (χ4n) is 2.83. The molecule has 0 amide bonds. The molecule has 0 bridgehead atoms. The third kappa shape index (κ3) is 3.37. The molecule has 1 fully saturated rings. The van der Waals surface area contributed by atoms with Crippen molar-refractivity contribution >= 4 is 17.3 Å². The second-order valence-corrected chi connectivity index (χ2v) is 6.44. The first-order valence-electron chi connectivity index (χ1n) is 6.91. The maximum absolute atomic E-state index is 11.7. The number of rotatable bonds is 6. The Morgan fingerprint density at radius 2 is 2.45 bits per heavy atom. The molecule has 112 valence electrons. The third-order valence-electron chi connectivity index (χ3n) is 4.11. The Hall–Kier alpha value is -0.980. The molecule has 1 atom stereocenters. The summed E-state index contributed by atoms with van der Waals surface area (Å²) < 4.78 is 5.09. The highest BCUT2D eigenvalue weighted by Crippen LogP contribution is 2.35. The van der Waals surface area contributed by atoms with E-state index in [0.29, 0.717) is 19.6 Å². The monoisotopic (exact) mass is 298 g/mol. The van der Waals surface area contributed by atoms with Gasteiger partial charge in [-0.15, -0.1) is 11.3 Å². The zero-order valence-electron chi connectivity index (χ0n) is 12.1. The molecule has 0 unspecified atom stereocenters. The molecule has 0 saturated carbocycles. The molecule has 2 rings (SSSR count). The SMILES string of the molecule is COCC[C@]1(C(=O)O)CCCN(Cc2scnc2C)C1. The first-order valence-corrected chi connectivity index (χ1v) is 7.79. The van der Waals surface area contributed by atoms with E-state index < -0.39 is 11.4 Å². The van der Waals surface area contributed by atoms with E-state index in [1.165, 1.54) is 4.88 Å². The molecule has 0 spiro atoms. The van der Waals surface area contributed by atoms with Gasteiger partial charge in [0.2, 0.25) is 0 Å². The first kappa shape index (κ1) is 15.4. The van der Waals surface area contributed by atoms with Crippen molar-refractivity contribution in [3.8, 4) is 0 Å². The molecule has 1 aliphatic heterocycles. The van der Waals surface area contributed by atoms with Crippen molar-refractivity contribution in [3.63, 3.8) is 0 Å². The van der Waals surface area contributed by atoms with Crippen molar-refractivity contribution in [1.82, 2.24) is 9.88 Å². The van der Waals surface area contributed by atoms with Gasteiger partial charge in [-0.3, -0.25) is 9.69 Å². The van der Waals surface area contributed by atoms with Crippen LogP contribution in [0.3, 0.4) is 0 Å². The van der Waals surface area contributed by atoms with Crippen LogP contribution in [0.2, 0.25) is 0 Å². The molecule has 1 N–H and O–H groups in total. The van der Waals surface area contributed by atoms with Crippen molar-refractivity contribution in [2.75, 3.05) is 26.8 Å². The minimum atomic E-state index is -0.694. The molecule has 20 heavy (non-hydrogen) atoms. The molecule has 2 heterocycles. The largest absolute Gasteiger partial charge is 0.481 e. The Morgan fingerprint density at radius 1 is 1.65 bits per heavy atom. The van der Waals surface area contributed by atoms with Gasteiger partial charge in [-0.05, 0) is 32.7 Å². The average Bonchev–Trinajstić information content (AvgIpc) is 2.82. The Balaban J connectivity index is 2.05. The highest BCUT2D eigenvalue weighted by Gasteiger charge is 2.42. The first-order chi connectivity index (χ1) is 9.57. The molecule has 0 aromatic carbocycles. The summed E-state index contributed by atoms with van der Waals surface area (Å²) >= 11 is 1.64. The molecule has 5 nitrogen and oxygen atoms in total. The standard InChI is InChI=1S/C14H22N2O3S/c1-11-12(20-10-15-11)8-16-6-3-4-14(9-16,13(17)18)5-7-19-2/h10H,3-9H2,1-2H3,(H,17,18)/t14-/m1/s1. The zero-order valence-corrected chi connectivity index (χ0v) is 12.9. The van der Waals surface area contributed by atoms with E-state index in [0.717, 1.165) is 31.6 Å². The normalized spacial score (nSPS) is 23.9. The van der Waals surface area contributed by atoms with Crippen LogP contribution in [0.4, 0.5) is 0 Å². The summed E-state index contributed by atoms with van der Waals surface area (Å²) in [6.45, 7) is 4.87. The second kappa shape index (κ2) is 6.65. The van der Waals surface area contributed by atoms with Gasteiger partial charge in [0.25, 0.3) is 0 Å². The number of hydrogen-bond acceptors (Lipinski definition) is 5. The summed E-state index contributed by atoms with van der Waals surface area (Å²) in [6.07, 6.45) is 2.24. The number of piperidine rings is 1. The smallest absolute Gasteiger partial charge is 0.311 e. The predicted octanol–water partition coefficient (Wildman–Crippen LogP) is 2.15. The van der Waals surface area contributed by atoms with E-state index in [1.807, 2.05) is 12.4 Å². The highest BCUT2D eigenvalue weighted by atomic mass is 32.1. The second-order valence-electron chi connectivity index (χ2n) is 5.50. The van der Waals surface area contributed by atoms with Crippen molar-refractivity contribution in [1.29, 1.82) is 0 Å². The van der Waals surface area contributed by atoms with Crippen molar-refractivity contribution in [3.05, 3.63) is 16.1 Å². The van der Waals surface area contributed by atoms with Crippen LogP contribution in [0.5, 0.6) is 0 Å². The number of aliphatic carboxylic acids is 1. The number of methoxy groups -OCH3 is 1. The number of hydrogen-bond donors (Lipinski definition) is 1. The van der Waals surface area contributed by atoms with Crippen LogP contribution >= 0.6 is 11.3 Å².